The Bertz CT molecular complexity index is 997. The van der Waals surface area contributed by atoms with Gasteiger partial charge in [-0.3, -0.25) is 24.2 Å². The first-order valence-corrected chi connectivity index (χ1v) is 12.1. The molecule has 12 N–H and O–H groups in total. The molecule has 14 heteroatoms. The summed E-state index contributed by atoms with van der Waals surface area (Å²) in [5.74, 6) is -4.97. The Kier molecular flexibility index (Phi) is 13.2. The summed E-state index contributed by atoms with van der Waals surface area (Å²) in [4.78, 5) is 65.3. The summed E-state index contributed by atoms with van der Waals surface area (Å²) in [6.07, 6.45) is 0.183. The summed E-state index contributed by atoms with van der Waals surface area (Å²) in [5, 5.41) is 16.7. The predicted octanol–water partition coefficient (Wildman–Crippen LogP) is -2.32. The second kappa shape index (κ2) is 15.8. The van der Waals surface area contributed by atoms with Crippen molar-refractivity contribution in [1.29, 1.82) is 0 Å². The number of aliphatic imine (C=N–C) groups is 1. The number of hydrogen-bond acceptors (Lipinski definition) is 7. The summed E-state index contributed by atoms with van der Waals surface area (Å²) in [7, 11) is 0. The van der Waals surface area contributed by atoms with Crippen LogP contribution in [0.2, 0.25) is 0 Å². The normalized spacial score (nSPS) is 13.9. The van der Waals surface area contributed by atoms with Gasteiger partial charge in [-0.25, -0.2) is 4.79 Å². The number of nitrogens with one attached hydrogen (secondary N) is 3. The van der Waals surface area contributed by atoms with Crippen molar-refractivity contribution < 1.29 is 29.1 Å². The number of carboxylic acid groups (broad SMARTS) is 1. The molecule has 0 aromatic heterocycles. The van der Waals surface area contributed by atoms with Gasteiger partial charge in [-0.1, -0.05) is 44.2 Å². The van der Waals surface area contributed by atoms with Crippen LogP contribution in [0.3, 0.4) is 0 Å². The predicted molar refractivity (Wildman–Crippen MR) is 140 cm³/mol. The van der Waals surface area contributed by atoms with E-state index in [0.29, 0.717) is 6.42 Å². The Morgan fingerprint density at radius 1 is 0.895 bits per heavy atom. The number of carbonyl (C=O) groups is 5. The molecule has 1 rings (SSSR count). The van der Waals surface area contributed by atoms with Gasteiger partial charge in [0, 0.05) is 13.0 Å². The number of nitrogens with two attached hydrogens (primary N) is 4. The number of primary amides is 1. The first-order chi connectivity index (χ1) is 17.8. The minimum atomic E-state index is -1.56. The molecule has 210 valence electrons. The van der Waals surface area contributed by atoms with Gasteiger partial charge in [0.1, 0.15) is 18.1 Å². The highest BCUT2D eigenvalue weighted by atomic mass is 16.4. The molecule has 0 saturated heterocycles. The Hall–Kier alpha value is -4.20. The average molecular weight is 535 g/mol. The maximum absolute atomic E-state index is 13.3. The molecule has 4 unspecified atom stereocenters. The summed E-state index contributed by atoms with van der Waals surface area (Å²) < 4.78 is 0. The van der Waals surface area contributed by atoms with Crippen molar-refractivity contribution in [2.45, 2.75) is 63.7 Å². The zero-order valence-electron chi connectivity index (χ0n) is 21.6. The fraction of sp³-hybridized carbons (Fsp3) is 0.500. The number of carbonyl (C=O) groups excluding carboxylic acids is 4. The van der Waals surface area contributed by atoms with Crippen molar-refractivity contribution in [2.75, 3.05) is 6.54 Å². The van der Waals surface area contributed by atoms with Gasteiger partial charge in [0.2, 0.25) is 23.6 Å². The molecule has 14 nitrogen and oxygen atoms in total. The van der Waals surface area contributed by atoms with Crippen LogP contribution >= 0.6 is 0 Å². The molecule has 38 heavy (non-hydrogen) atoms. The van der Waals surface area contributed by atoms with Crippen molar-refractivity contribution in [2.24, 2.45) is 33.8 Å². The Morgan fingerprint density at radius 2 is 1.50 bits per heavy atom. The molecule has 0 aliphatic rings. The largest absolute Gasteiger partial charge is 0.480 e. The lowest BCUT2D eigenvalue weighted by Crippen LogP contribution is -2.59. The van der Waals surface area contributed by atoms with Crippen LogP contribution in [-0.2, 0) is 30.4 Å². The van der Waals surface area contributed by atoms with E-state index in [-0.39, 0.29) is 25.3 Å². The van der Waals surface area contributed by atoms with Gasteiger partial charge in [-0.05, 0) is 24.3 Å². The van der Waals surface area contributed by atoms with Crippen LogP contribution in [0.5, 0.6) is 0 Å². The smallest absolute Gasteiger partial charge is 0.326 e. The van der Waals surface area contributed by atoms with Crippen LogP contribution in [0.1, 0.15) is 38.7 Å². The molecular weight excluding hydrogens is 496 g/mol. The molecule has 0 aliphatic heterocycles. The zero-order valence-corrected chi connectivity index (χ0v) is 21.6. The second-order valence-electron chi connectivity index (χ2n) is 9.11. The van der Waals surface area contributed by atoms with Crippen LogP contribution in [0.25, 0.3) is 0 Å². The van der Waals surface area contributed by atoms with Gasteiger partial charge < -0.3 is 44.0 Å². The van der Waals surface area contributed by atoms with Crippen LogP contribution < -0.4 is 38.9 Å². The van der Waals surface area contributed by atoms with E-state index in [1.807, 2.05) is 0 Å². The summed E-state index contributed by atoms with van der Waals surface area (Å²) in [6, 6.07) is 4.13. The Balaban J connectivity index is 3.02. The lowest BCUT2D eigenvalue weighted by Gasteiger charge is -2.27. The first-order valence-electron chi connectivity index (χ1n) is 12.1. The fourth-order valence-corrected chi connectivity index (χ4v) is 3.44. The molecule has 0 heterocycles. The molecule has 0 spiro atoms. The number of rotatable bonds is 16. The Labute approximate surface area is 221 Å². The van der Waals surface area contributed by atoms with Crippen molar-refractivity contribution in [1.82, 2.24) is 16.0 Å². The number of carboxylic acids is 1. The highest BCUT2D eigenvalue weighted by Gasteiger charge is 2.32. The van der Waals surface area contributed by atoms with E-state index in [2.05, 4.69) is 20.9 Å². The van der Waals surface area contributed by atoms with E-state index in [1.54, 1.807) is 44.2 Å². The minimum Gasteiger partial charge on any atom is -0.480 e. The number of nitrogens with zero attached hydrogens (tertiary/aromatic N) is 1. The third kappa shape index (κ3) is 11.7. The molecule has 1 aromatic carbocycles. The monoisotopic (exact) mass is 534 g/mol. The summed E-state index contributed by atoms with van der Waals surface area (Å²) in [5.41, 5.74) is 22.4. The third-order valence-electron chi connectivity index (χ3n) is 5.49. The fourth-order valence-electron chi connectivity index (χ4n) is 3.44. The lowest BCUT2D eigenvalue weighted by atomic mass is 10.00. The van der Waals surface area contributed by atoms with Crippen LogP contribution in [0, 0.1) is 5.92 Å². The zero-order chi connectivity index (χ0) is 28.8. The molecule has 0 radical (unpaired) electrons. The molecule has 4 atom stereocenters. The molecular formula is C24H38N8O6. The van der Waals surface area contributed by atoms with Gasteiger partial charge in [0.15, 0.2) is 5.96 Å². The van der Waals surface area contributed by atoms with E-state index < -0.39 is 66.1 Å². The van der Waals surface area contributed by atoms with Gasteiger partial charge in [-0.15, -0.1) is 0 Å². The number of amides is 4. The molecule has 0 aliphatic carbocycles. The molecule has 0 saturated carbocycles. The van der Waals surface area contributed by atoms with Crippen LogP contribution in [0.15, 0.2) is 35.3 Å². The third-order valence-corrected chi connectivity index (χ3v) is 5.49. The quantitative estimate of drug-likeness (QED) is 0.0642. The van der Waals surface area contributed by atoms with E-state index in [1.165, 1.54) is 0 Å². The standard InChI is InChI=1S/C24H38N8O6/c1-13(2)19(22(36)31-17(23(37)38)12-18(26)33)32-21(35)16(11-14-7-4-3-5-8-14)30-20(34)15(25)9-6-10-29-24(27)28/h3-5,7-8,13,15-17,19H,6,9-12,25H2,1-2H3,(H2,26,33)(H,30,34)(H,31,36)(H,32,35)(H,37,38)(H4,27,28,29). The second-order valence-corrected chi connectivity index (χ2v) is 9.11. The van der Waals surface area contributed by atoms with Gasteiger partial charge in [-0.2, -0.15) is 0 Å². The molecule has 1 aromatic rings. The highest BCUT2D eigenvalue weighted by molar-refractivity contribution is 5.95. The highest BCUT2D eigenvalue weighted by Crippen LogP contribution is 2.08. The van der Waals surface area contributed by atoms with E-state index >= 15 is 0 Å². The molecule has 0 fully saturated rings. The average Bonchev–Trinajstić information content (AvgIpc) is 2.83. The SMILES string of the molecule is CC(C)C(NC(=O)C(Cc1ccccc1)NC(=O)C(N)CCCN=C(N)N)C(=O)NC(CC(N)=O)C(=O)O. The molecule has 0 bridgehead atoms. The molecule has 4 amide bonds. The van der Waals surface area contributed by atoms with E-state index in [0.717, 1.165) is 5.56 Å². The van der Waals surface area contributed by atoms with E-state index in [4.69, 9.17) is 22.9 Å². The van der Waals surface area contributed by atoms with Crippen molar-refractivity contribution in [3.8, 4) is 0 Å². The van der Waals surface area contributed by atoms with Gasteiger partial charge in [0.25, 0.3) is 0 Å². The lowest BCUT2D eigenvalue weighted by molar-refractivity contribution is -0.144. The van der Waals surface area contributed by atoms with Crippen molar-refractivity contribution in [3.05, 3.63) is 35.9 Å². The Morgan fingerprint density at radius 3 is 2.03 bits per heavy atom. The maximum atomic E-state index is 13.3. The van der Waals surface area contributed by atoms with Gasteiger partial charge in [0.05, 0.1) is 12.5 Å². The van der Waals surface area contributed by atoms with Crippen LogP contribution in [-0.4, -0.2) is 71.4 Å². The summed E-state index contributed by atoms with van der Waals surface area (Å²) in [6.45, 7) is 3.58. The van der Waals surface area contributed by atoms with Crippen LogP contribution in [0.4, 0.5) is 0 Å². The first kappa shape index (κ1) is 31.8. The van der Waals surface area contributed by atoms with Gasteiger partial charge >= 0.3 is 5.97 Å². The number of hydrogen-bond donors (Lipinski definition) is 8. The maximum Gasteiger partial charge on any atom is 0.326 e. The summed E-state index contributed by atoms with van der Waals surface area (Å²) >= 11 is 0. The number of guanidine groups is 1. The van der Waals surface area contributed by atoms with Crippen molar-refractivity contribution >= 4 is 35.6 Å². The minimum absolute atomic E-state index is 0.0735. The van der Waals surface area contributed by atoms with Crippen molar-refractivity contribution in [3.63, 3.8) is 0 Å². The topological polar surface area (TPSA) is 258 Å². The van der Waals surface area contributed by atoms with E-state index in [9.17, 15) is 29.1 Å². The number of aliphatic carboxylic acids is 1. The number of benzene rings is 1.